The first-order chi connectivity index (χ1) is 8.83. The van der Waals surface area contributed by atoms with Crippen LogP contribution < -0.4 is 10.2 Å². The quantitative estimate of drug-likeness (QED) is 0.876. The van der Waals surface area contributed by atoms with Crippen molar-refractivity contribution in [1.82, 2.24) is 15.5 Å². The zero-order valence-electron chi connectivity index (χ0n) is 11.8. The highest BCUT2D eigenvalue weighted by molar-refractivity contribution is 5.68. The summed E-state index contributed by atoms with van der Waals surface area (Å²) in [6, 6.07) is 2.09. The minimum Gasteiger partial charge on any atom is -0.444 e. The van der Waals surface area contributed by atoms with Gasteiger partial charge in [0.15, 0.2) is 5.82 Å². The molecule has 2 rings (SSSR count). The Kier molecular flexibility index (Phi) is 3.59. The van der Waals surface area contributed by atoms with Crippen LogP contribution in [0.15, 0.2) is 12.3 Å². The van der Waals surface area contributed by atoms with Crippen molar-refractivity contribution in [3.8, 4) is 0 Å². The van der Waals surface area contributed by atoms with E-state index >= 15 is 0 Å². The van der Waals surface area contributed by atoms with E-state index in [-0.39, 0.29) is 12.1 Å². The van der Waals surface area contributed by atoms with Crippen molar-refractivity contribution in [3.05, 3.63) is 17.8 Å². The smallest absolute Gasteiger partial charge is 0.407 e. The molecule has 1 amide bonds. The molecule has 19 heavy (non-hydrogen) atoms. The summed E-state index contributed by atoms with van der Waals surface area (Å²) in [5, 5.41) is 10.8. The highest BCUT2D eigenvalue weighted by Gasteiger charge is 2.30. The molecule has 0 spiro atoms. The van der Waals surface area contributed by atoms with Crippen LogP contribution in [-0.4, -0.2) is 41.0 Å². The third kappa shape index (κ3) is 3.81. The lowest BCUT2D eigenvalue weighted by molar-refractivity contribution is 0.0496. The lowest BCUT2D eigenvalue weighted by Crippen LogP contribution is -2.60. The number of aryl methyl sites for hydroxylation is 1. The van der Waals surface area contributed by atoms with Crippen LogP contribution in [-0.2, 0) is 4.74 Å². The van der Waals surface area contributed by atoms with Gasteiger partial charge in [0.05, 0.1) is 12.2 Å². The van der Waals surface area contributed by atoms with Gasteiger partial charge in [-0.3, -0.25) is 0 Å². The van der Waals surface area contributed by atoms with Crippen LogP contribution >= 0.6 is 0 Å². The number of hydrogen-bond donors (Lipinski definition) is 1. The number of nitrogens with one attached hydrogen (secondary N) is 1. The molecular weight excluding hydrogens is 244 g/mol. The van der Waals surface area contributed by atoms with Crippen molar-refractivity contribution >= 4 is 11.9 Å². The molecule has 1 aromatic heterocycles. The number of carbonyl (C=O) groups is 1. The van der Waals surface area contributed by atoms with Crippen LogP contribution in [0.2, 0.25) is 0 Å². The number of rotatable bonds is 2. The molecular formula is C13H20N4O2. The van der Waals surface area contributed by atoms with Crippen molar-refractivity contribution in [3.63, 3.8) is 0 Å². The van der Waals surface area contributed by atoms with E-state index < -0.39 is 5.60 Å². The second-order valence-corrected chi connectivity index (χ2v) is 5.84. The Labute approximate surface area is 113 Å². The van der Waals surface area contributed by atoms with Crippen molar-refractivity contribution in [2.75, 3.05) is 18.0 Å². The van der Waals surface area contributed by atoms with Crippen LogP contribution in [0.3, 0.4) is 0 Å². The average Bonchev–Trinajstić information content (AvgIpc) is 2.20. The zero-order chi connectivity index (χ0) is 14.0. The van der Waals surface area contributed by atoms with Gasteiger partial charge in [-0.2, -0.15) is 5.10 Å². The van der Waals surface area contributed by atoms with Crippen LogP contribution in [0, 0.1) is 6.92 Å². The molecule has 1 aliphatic rings. The standard InChI is InChI=1S/C13H20N4O2/c1-9-5-11(16-14-6-9)17-7-10(8-17)15-12(18)19-13(2,3)4/h5-6,10H,7-8H2,1-4H3,(H,15,18). The van der Waals surface area contributed by atoms with Gasteiger partial charge < -0.3 is 15.0 Å². The van der Waals surface area contributed by atoms with Crippen LogP contribution in [0.25, 0.3) is 0 Å². The summed E-state index contributed by atoms with van der Waals surface area (Å²) in [5.74, 6) is 0.849. The monoisotopic (exact) mass is 264 g/mol. The van der Waals surface area contributed by atoms with E-state index in [1.165, 1.54) is 0 Å². The molecule has 6 nitrogen and oxygen atoms in total. The molecule has 1 saturated heterocycles. The van der Waals surface area contributed by atoms with Gasteiger partial charge in [0.25, 0.3) is 0 Å². The Morgan fingerprint density at radius 1 is 1.47 bits per heavy atom. The summed E-state index contributed by atoms with van der Waals surface area (Å²) in [5.41, 5.74) is 0.615. The number of ether oxygens (including phenoxy) is 1. The number of nitrogens with zero attached hydrogens (tertiary/aromatic N) is 3. The maximum Gasteiger partial charge on any atom is 0.407 e. The van der Waals surface area contributed by atoms with Gasteiger partial charge in [0.1, 0.15) is 5.60 Å². The van der Waals surface area contributed by atoms with E-state index in [1.54, 1.807) is 6.20 Å². The minimum absolute atomic E-state index is 0.108. The predicted octanol–water partition coefficient (Wildman–Crippen LogP) is 1.50. The normalized spacial score (nSPS) is 15.9. The maximum absolute atomic E-state index is 11.6. The molecule has 1 N–H and O–H groups in total. The first-order valence-corrected chi connectivity index (χ1v) is 6.37. The van der Waals surface area contributed by atoms with Gasteiger partial charge in [-0.05, 0) is 39.3 Å². The fraction of sp³-hybridized carbons (Fsp3) is 0.615. The molecule has 0 bridgehead atoms. The number of alkyl carbamates (subject to hydrolysis) is 1. The molecule has 0 radical (unpaired) electrons. The topological polar surface area (TPSA) is 67.4 Å². The SMILES string of the molecule is Cc1cnnc(N2CC(NC(=O)OC(C)(C)C)C2)c1. The fourth-order valence-electron chi connectivity index (χ4n) is 1.83. The number of amides is 1. The fourth-order valence-corrected chi connectivity index (χ4v) is 1.83. The number of aromatic nitrogens is 2. The van der Waals surface area contributed by atoms with Gasteiger partial charge in [-0.25, -0.2) is 4.79 Å². The summed E-state index contributed by atoms with van der Waals surface area (Å²) in [7, 11) is 0. The van der Waals surface area contributed by atoms with Gasteiger partial charge in [-0.15, -0.1) is 5.10 Å². The lowest BCUT2D eigenvalue weighted by Gasteiger charge is -2.40. The molecule has 0 aliphatic carbocycles. The first kappa shape index (κ1) is 13.6. The molecule has 104 valence electrons. The highest BCUT2D eigenvalue weighted by atomic mass is 16.6. The van der Waals surface area contributed by atoms with E-state index in [4.69, 9.17) is 4.74 Å². The Bertz CT molecular complexity index is 464. The van der Waals surface area contributed by atoms with Crippen molar-refractivity contribution < 1.29 is 9.53 Å². The summed E-state index contributed by atoms with van der Waals surface area (Å²) in [6.07, 6.45) is 1.35. The Morgan fingerprint density at radius 3 is 2.74 bits per heavy atom. The van der Waals surface area contributed by atoms with E-state index in [2.05, 4.69) is 20.4 Å². The Hall–Kier alpha value is -1.85. The predicted molar refractivity (Wildman–Crippen MR) is 72.1 cm³/mol. The second kappa shape index (κ2) is 5.03. The van der Waals surface area contributed by atoms with Crippen molar-refractivity contribution in [2.45, 2.75) is 39.3 Å². The second-order valence-electron chi connectivity index (χ2n) is 5.84. The van der Waals surface area contributed by atoms with E-state index in [9.17, 15) is 4.79 Å². The minimum atomic E-state index is -0.463. The molecule has 0 unspecified atom stereocenters. The first-order valence-electron chi connectivity index (χ1n) is 6.37. The number of carbonyl (C=O) groups excluding carboxylic acids is 1. The highest BCUT2D eigenvalue weighted by Crippen LogP contribution is 2.18. The van der Waals surface area contributed by atoms with Gasteiger partial charge >= 0.3 is 6.09 Å². The molecule has 1 aliphatic heterocycles. The molecule has 0 aromatic carbocycles. The van der Waals surface area contributed by atoms with Crippen molar-refractivity contribution in [1.29, 1.82) is 0 Å². The summed E-state index contributed by atoms with van der Waals surface area (Å²) in [6.45, 7) is 9.00. The Morgan fingerprint density at radius 2 is 2.16 bits per heavy atom. The van der Waals surface area contributed by atoms with Crippen molar-refractivity contribution in [2.24, 2.45) is 0 Å². The molecule has 0 atom stereocenters. The number of hydrogen-bond acceptors (Lipinski definition) is 5. The number of anilines is 1. The third-order valence-corrected chi connectivity index (χ3v) is 2.70. The van der Waals surface area contributed by atoms with Gasteiger partial charge in [-0.1, -0.05) is 0 Å². The third-order valence-electron chi connectivity index (χ3n) is 2.70. The lowest BCUT2D eigenvalue weighted by atomic mass is 10.1. The molecule has 6 heteroatoms. The Balaban J connectivity index is 1.79. The zero-order valence-corrected chi connectivity index (χ0v) is 11.8. The van der Waals surface area contributed by atoms with E-state index in [0.29, 0.717) is 0 Å². The van der Waals surface area contributed by atoms with Crippen LogP contribution in [0.4, 0.5) is 10.6 Å². The van der Waals surface area contributed by atoms with Gasteiger partial charge in [0.2, 0.25) is 0 Å². The summed E-state index contributed by atoms with van der Waals surface area (Å²) in [4.78, 5) is 13.7. The van der Waals surface area contributed by atoms with E-state index in [1.807, 2.05) is 33.8 Å². The van der Waals surface area contributed by atoms with Crippen LogP contribution in [0.5, 0.6) is 0 Å². The molecule has 1 fully saturated rings. The molecule has 0 saturated carbocycles. The molecule has 1 aromatic rings. The average molecular weight is 264 g/mol. The summed E-state index contributed by atoms with van der Waals surface area (Å²) < 4.78 is 5.21. The largest absolute Gasteiger partial charge is 0.444 e. The van der Waals surface area contributed by atoms with E-state index in [0.717, 1.165) is 24.5 Å². The van der Waals surface area contributed by atoms with Gasteiger partial charge in [0, 0.05) is 13.1 Å². The van der Waals surface area contributed by atoms with Crippen LogP contribution in [0.1, 0.15) is 26.3 Å². The summed E-state index contributed by atoms with van der Waals surface area (Å²) >= 11 is 0. The molecule has 2 heterocycles. The maximum atomic E-state index is 11.6.